The topological polar surface area (TPSA) is 58.0 Å². The fourth-order valence-electron chi connectivity index (χ4n) is 1.79. The van der Waals surface area contributed by atoms with Crippen molar-refractivity contribution in [2.24, 2.45) is 0 Å². The molecular formula is C15H11Cl2N3OS2. The van der Waals surface area contributed by atoms with Gasteiger partial charge < -0.3 is 10.4 Å². The van der Waals surface area contributed by atoms with Gasteiger partial charge in [-0.25, -0.2) is 9.97 Å². The summed E-state index contributed by atoms with van der Waals surface area (Å²) in [6.45, 7) is 1.92. The van der Waals surface area contributed by atoms with Gasteiger partial charge in [0.15, 0.2) is 5.13 Å². The van der Waals surface area contributed by atoms with Crippen molar-refractivity contribution in [1.82, 2.24) is 9.97 Å². The first-order chi connectivity index (χ1) is 11.0. The molecule has 8 heteroatoms. The number of rotatable bonds is 4. The van der Waals surface area contributed by atoms with Gasteiger partial charge in [-0.05, 0) is 25.1 Å². The molecule has 0 aliphatic heterocycles. The van der Waals surface area contributed by atoms with Gasteiger partial charge in [0, 0.05) is 10.3 Å². The third-order valence-corrected chi connectivity index (χ3v) is 5.75. The molecule has 0 radical (unpaired) electrons. The number of aromatic nitrogens is 2. The highest BCUT2D eigenvalue weighted by molar-refractivity contribution is 7.99. The molecule has 3 rings (SSSR count). The predicted molar refractivity (Wildman–Crippen MR) is 96.6 cm³/mol. The molecule has 0 amide bonds. The Kier molecular flexibility index (Phi) is 4.96. The number of pyridine rings is 1. The third kappa shape index (κ3) is 3.90. The smallest absolute Gasteiger partial charge is 0.188 e. The summed E-state index contributed by atoms with van der Waals surface area (Å²) in [5.74, 6) is 0.648. The van der Waals surface area contributed by atoms with E-state index in [-0.39, 0.29) is 5.75 Å². The second-order valence-corrected chi connectivity index (χ2v) is 7.33. The second-order valence-electron chi connectivity index (χ2n) is 4.61. The van der Waals surface area contributed by atoms with Crippen LogP contribution in [0.15, 0.2) is 45.6 Å². The van der Waals surface area contributed by atoms with E-state index in [2.05, 4.69) is 15.3 Å². The molecule has 2 N–H and O–H groups in total. The Bertz CT molecular complexity index is 834. The molecule has 2 heterocycles. The summed E-state index contributed by atoms with van der Waals surface area (Å²) in [5, 5.41) is 16.9. The maximum atomic E-state index is 10.0. The summed E-state index contributed by atoms with van der Waals surface area (Å²) >= 11 is 15.1. The molecule has 118 valence electrons. The summed E-state index contributed by atoms with van der Waals surface area (Å²) in [7, 11) is 0. The number of aryl methyl sites for hydroxylation is 1. The van der Waals surface area contributed by atoms with Crippen molar-refractivity contribution in [1.29, 1.82) is 0 Å². The first-order valence-electron chi connectivity index (χ1n) is 6.53. The van der Waals surface area contributed by atoms with Gasteiger partial charge in [-0.15, -0.1) is 11.3 Å². The molecule has 0 saturated carbocycles. The Hall–Kier alpha value is -1.47. The summed E-state index contributed by atoms with van der Waals surface area (Å²) in [6.07, 6.45) is 1.38. The summed E-state index contributed by atoms with van der Waals surface area (Å²) in [6, 6.07) is 7.02. The van der Waals surface area contributed by atoms with Gasteiger partial charge >= 0.3 is 0 Å². The summed E-state index contributed by atoms with van der Waals surface area (Å²) in [4.78, 5) is 9.77. The molecule has 0 atom stereocenters. The van der Waals surface area contributed by atoms with Crippen molar-refractivity contribution < 1.29 is 5.11 Å². The Morgan fingerprint density at radius 2 is 2.00 bits per heavy atom. The minimum Gasteiger partial charge on any atom is -0.505 e. The largest absolute Gasteiger partial charge is 0.505 e. The SMILES string of the molecule is Cc1csc(Nc2cc(Sc3c(Cl)cccc3Cl)c(O)cn2)n1. The van der Waals surface area contributed by atoms with Gasteiger partial charge in [0.25, 0.3) is 0 Å². The van der Waals surface area contributed by atoms with Gasteiger partial charge in [0.1, 0.15) is 11.6 Å². The number of halogens is 2. The maximum absolute atomic E-state index is 10.0. The van der Waals surface area contributed by atoms with E-state index in [0.717, 1.165) is 10.8 Å². The van der Waals surface area contributed by atoms with Crippen LogP contribution in [0.25, 0.3) is 0 Å². The van der Waals surface area contributed by atoms with E-state index in [4.69, 9.17) is 23.2 Å². The lowest BCUT2D eigenvalue weighted by Gasteiger charge is -2.09. The van der Waals surface area contributed by atoms with Crippen LogP contribution >= 0.6 is 46.3 Å². The number of hydrogen-bond acceptors (Lipinski definition) is 6. The molecule has 0 bridgehead atoms. The molecule has 3 aromatic rings. The minimum absolute atomic E-state index is 0.0619. The number of thiazole rings is 1. The zero-order chi connectivity index (χ0) is 16.4. The average Bonchev–Trinajstić information content (AvgIpc) is 2.91. The Balaban J connectivity index is 1.89. The average molecular weight is 384 g/mol. The van der Waals surface area contributed by atoms with E-state index < -0.39 is 0 Å². The van der Waals surface area contributed by atoms with Crippen LogP contribution in [-0.4, -0.2) is 15.1 Å². The lowest BCUT2D eigenvalue weighted by molar-refractivity contribution is 0.460. The standard InChI is InChI=1S/C15H11Cl2N3OS2/c1-8-7-22-15(19-8)20-13-5-12(11(21)6-18-13)23-14-9(16)3-2-4-10(14)17/h2-7,21H,1H3,(H,18,19,20). The van der Waals surface area contributed by atoms with E-state index in [0.29, 0.717) is 25.7 Å². The maximum Gasteiger partial charge on any atom is 0.188 e. The quantitative estimate of drug-likeness (QED) is 0.600. The Morgan fingerprint density at radius 1 is 1.26 bits per heavy atom. The zero-order valence-electron chi connectivity index (χ0n) is 11.9. The van der Waals surface area contributed by atoms with E-state index >= 15 is 0 Å². The van der Waals surface area contributed by atoms with Crippen molar-refractivity contribution in [3.8, 4) is 5.75 Å². The summed E-state index contributed by atoms with van der Waals surface area (Å²) < 4.78 is 0. The first-order valence-corrected chi connectivity index (χ1v) is 8.98. The number of nitrogens with one attached hydrogen (secondary N) is 1. The molecule has 0 saturated heterocycles. The van der Waals surface area contributed by atoms with Crippen LogP contribution in [0.3, 0.4) is 0 Å². The first kappa shape index (κ1) is 16.4. The molecular weight excluding hydrogens is 373 g/mol. The molecule has 2 aromatic heterocycles. The highest BCUT2D eigenvalue weighted by Gasteiger charge is 2.12. The van der Waals surface area contributed by atoms with Crippen LogP contribution < -0.4 is 5.32 Å². The van der Waals surface area contributed by atoms with Crippen LogP contribution in [-0.2, 0) is 0 Å². The van der Waals surface area contributed by atoms with Crippen LogP contribution in [0.5, 0.6) is 5.75 Å². The normalized spacial score (nSPS) is 10.7. The number of benzene rings is 1. The van der Waals surface area contributed by atoms with Gasteiger partial charge in [0.2, 0.25) is 0 Å². The highest BCUT2D eigenvalue weighted by Crippen LogP contribution is 2.42. The van der Waals surface area contributed by atoms with Crippen LogP contribution in [0.2, 0.25) is 10.0 Å². The third-order valence-electron chi connectivity index (χ3n) is 2.83. The monoisotopic (exact) mass is 383 g/mol. The van der Waals surface area contributed by atoms with Gasteiger partial charge in [-0.3, -0.25) is 0 Å². The lowest BCUT2D eigenvalue weighted by atomic mass is 10.4. The molecule has 23 heavy (non-hydrogen) atoms. The van der Waals surface area contributed by atoms with Crippen molar-refractivity contribution in [2.45, 2.75) is 16.7 Å². The minimum atomic E-state index is 0.0619. The van der Waals surface area contributed by atoms with Gasteiger partial charge in [0.05, 0.1) is 26.8 Å². The second kappa shape index (κ2) is 6.97. The summed E-state index contributed by atoms with van der Waals surface area (Å²) in [5.41, 5.74) is 0.939. The van der Waals surface area contributed by atoms with E-state index in [1.165, 1.54) is 29.3 Å². The Labute approximate surface area is 151 Å². The van der Waals surface area contributed by atoms with Crippen LogP contribution in [0.4, 0.5) is 10.9 Å². The molecule has 1 aromatic carbocycles. The van der Waals surface area contributed by atoms with E-state index in [9.17, 15) is 5.11 Å². The number of anilines is 2. The van der Waals surface area contributed by atoms with Crippen LogP contribution in [0.1, 0.15) is 5.69 Å². The molecule has 4 nitrogen and oxygen atoms in total. The van der Waals surface area contributed by atoms with Gasteiger partial charge in [-0.1, -0.05) is 41.0 Å². The molecule has 0 unspecified atom stereocenters. The molecule has 0 fully saturated rings. The highest BCUT2D eigenvalue weighted by atomic mass is 35.5. The number of nitrogens with zero attached hydrogens (tertiary/aromatic N) is 2. The van der Waals surface area contributed by atoms with Gasteiger partial charge in [-0.2, -0.15) is 0 Å². The zero-order valence-corrected chi connectivity index (χ0v) is 15.0. The predicted octanol–water partition coefficient (Wildman–Crippen LogP) is 5.75. The van der Waals surface area contributed by atoms with Crippen molar-refractivity contribution in [3.63, 3.8) is 0 Å². The van der Waals surface area contributed by atoms with Crippen molar-refractivity contribution in [2.75, 3.05) is 5.32 Å². The van der Waals surface area contributed by atoms with E-state index in [1.807, 2.05) is 12.3 Å². The fourth-order valence-corrected chi connectivity index (χ4v) is 3.99. The van der Waals surface area contributed by atoms with Crippen molar-refractivity contribution >= 4 is 57.2 Å². The Morgan fingerprint density at radius 3 is 2.65 bits per heavy atom. The molecule has 0 spiro atoms. The number of hydrogen-bond donors (Lipinski definition) is 2. The van der Waals surface area contributed by atoms with E-state index in [1.54, 1.807) is 24.3 Å². The molecule has 0 aliphatic carbocycles. The number of aromatic hydroxyl groups is 1. The lowest BCUT2D eigenvalue weighted by Crippen LogP contribution is -1.93. The van der Waals surface area contributed by atoms with Crippen LogP contribution in [0, 0.1) is 6.92 Å². The van der Waals surface area contributed by atoms with Crippen molar-refractivity contribution in [3.05, 3.63) is 51.6 Å². The molecule has 0 aliphatic rings. The fraction of sp³-hybridized carbons (Fsp3) is 0.0667.